The zero-order chi connectivity index (χ0) is 15.1. The van der Waals surface area contributed by atoms with Crippen molar-refractivity contribution in [1.29, 1.82) is 0 Å². The van der Waals surface area contributed by atoms with Gasteiger partial charge in [0.1, 0.15) is 0 Å². The van der Waals surface area contributed by atoms with Gasteiger partial charge in [0.05, 0.1) is 23.4 Å². The molecule has 0 aromatic carbocycles. The van der Waals surface area contributed by atoms with Crippen LogP contribution in [0, 0.1) is 5.41 Å². The summed E-state index contributed by atoms with van der Waals surface area (Å²) < 4.78 is 4.83. The van der Waals surface area contributed by atoms with E-state index in [0.717, 1.165) is 0 Å². The molecule has 0 rings (SSSR count). The minimum atomic E-state index is -0.807. The third kappa shape index (κ3) is 4.45. The highest BCUT2D eigenvalue weighted by molar-refractivity contribution is 7.80. The van der Waals surface area contributed by atoms with Gasteiger partial charge in [-0.25, -0.2) is 0 Å². The van der Waals surface area contributed by atoms with Crippen LogP contribution in [0.25, 0.3) is 0 Å². The Morgan fingerprint density at radius 2 is 1.79 bits per heavy atom. The van der Waals surface area contributed by atoms with Crippen molar-refractivity contribution in [2.24, 2.45) is 11.1 Å². The van der Waals surface area contributed by atoms with E-state index in [9.17, 15) is 9.59 Å². The average Bonchev–Trinajstić information content (AvgIpc) is 2.37. The molecule has 0 aliphatic carbocycles. The van der Waals surface area contributed by atoms with Crippen molar-refractivity contribution in [1.82, 2.24) is 4.90 Å². The van der Waals surface area contributed by atoms with Crippen LogP contribution in [0.5, 0.6) is 0 Å². The van der Waals surface area contributed by atoms with Crippen LogP contribution in [0.15, 0.2) is 0 Å². The van der Waals surface area contributed by atoms with Crippen molar-refractivity contribution in [2.75, 3.05) is 20.2 Å². The summed E-state index contributed by atoms with van der Waals surface area (Å²) in [4.78, 5) is 25.4. The van der Waals surface area contributed by atoms with E-state index < -0.39 is 5.41 Å². The Labute approximate surface area is 120 Å². The predicted octanol–water partition coefficient (Wildman–Crippen LogP) is 1.49. The molecular formula is C13H24N2O3S. The minimum Gasteiger partial charge on any atom is -0.466 e. The van der Waals surface area contributed by atoms with Gasteiger partial charge in [-0.1, -0.05) is 26.1 Å². The molecule has 19 heavy (non-hydrogen) atoms. The highest BCUT2D eigenvalue weighted by Crippen LogP contribution is 2.29. The molecule has 0 radical (unpaired) electrons. The molecule has 0 aliphatic rings. The third-order valence-corrected chi connectivity index (χ3v) is 3.78. The summed E-state index contributed by atoms with van der Waals surface area (Å²) in [7, 11) is 1.65. The van der Waals surface area contributed by atoms with Crippen LogP contribution < -0.4 is 5.73 Å². The monoisotopic (exact) mass is 288 g/mol. The van der Waals surface area contributed by atoms with Crippen molar-refractivity contribution in [3.63, 3.8) is 0 Å². The smallest absolute Gasteiger partial charge is 0.307 e. The average molecular weight is 288 g/mol. The Kier molecular flexibility index (Phi) is 7.59. The van der Waals surface area contributed by atoms with Crippen LogP contribution in [0.1, 0.15) is 40.0 Å². The minimum absolute atomic E-state index is 0.130. The van der Waals surface area contributed by atoms with Gasteiger partial charge in [0.2, 0.25) is 5.91 Å². The quantitative estimate of drug-likeness (QED) is 0.541. The summed E-state index contributed by atoms with van der Waals surface area (Å²) in [6.45, 7) is 6.18. The lowest BCUT2D eigenvalue weighted by Crippen LogP contribution is -2.49. The molecule has 0 saturated heterocycles. The van der Waals surface area contributed by atoms with Crippen LogP contribution in [0.4, 0.5) is 0 Å². The van der Waals surface area contributed by atoms with Crippen LogP contribution in [0.3, 0.4) is 0 Å². The van der Waals surface area contributed by atoms with E-state index in [1.807, 2.05) is 13.8 Å². The lowest BCUT2D eigenvalue weighted by Gasteiger charge is -2.33. The van der Waals surface area contributed by atoms with Crippen LogP contribution >= 0.6 is 12.2 Å². The Hall–Kier alpha value is -1.17. The van der Waals surface area contributed by atoms with E-state index in [4.69, 9.17) is 22.7 Å². The van der Waals surface area contributed by atoms with Gasteiger partial charge in [0.25, 0.3) is 0 Å². The number of esters is 1. The van der Waals surface area contributed by atoms with Crippen molar-refractivity contribution in [3.05, 3.63) is 0 Å². The fourth-order valence-corrected chi connectivity index (χ4v) is 2.34. The lowest BCUT2D eigenvalue weighted by molar-refractivity contribution is -0.144. The zero-order valence-electron chi connectivity index (χ0n) is 12.2. The molecule has 0 bridgehead atoms. The molecule has 0 spiro atoms. The van der Waals surface area contributed by atoms with Gasteiger partial charge in [-0.2, -0.15) is 0 Å². The van der Waals surface area contributed by atoms with Crippen molar-refractivity contribution < 1.29 is 14.3 Å². The number of carbonyl (C=O) groups excluding carboxylic acids is 2. The van der Waals surface area contributed by atoms with Gasteiger partial charge in [0.15, 0.2) is 0 Å². The molecule has 2 N–H and O–H groups in total. The Morgan fingerprint density at radius 1 is 1.26 bits per heavy atom. The molecular weight excluding hydrogens is 264 g/mol. The number of nitrogens with zero attached hydrogens (tertiary/aromatic N) is 1. The number of thiocarbonyl (C=S) groups is 1. The van der Waals surface area contributed by atoms with E-state index in [1.54, 1.807) is 14.0 Å². The van der Waals surface area contributed by atoms with E-state index in [-0.39, 0.29) is 23.3 Å². The first-order valence-electron chi connectivity index (χ1n) is 6.56. The van der Waals surface area contributed by atoms with Gasteiger partial charge >= 0.3 is 5.97 Å². The van der Waals surface area contributed by atoms with Crippen molar-refractivity contribution in [3.8, 4) is 0 Å². The van der Waals surface area contributed by atoms with Crippen molar-refractivity contribution >= 4 is 29.1 Å². The first kappa shape index (κ1) is 17.8. The van der Waals surface area contributed by atoms with E-state index in [2.05, 4.69) is 0 Å². The number of ether oxygens (including phenoxy) is 1. The molecule has 0 saturated carbocycles. The van der Waals surface area contributed by atoms with E-state index in [1.165, 1.54) is 4.90 Å². The Balaban J connectivity index is 4.70. The number of hydrogen-bond acceptors (Lipinski definition) is 4. The fourth-order valence-electron chi connectivity index (χ4n) is 1.97. The Bertz CT molecular complexity index is 341. The second-order valence-corrected chi connectivity index (χ2v) is 4.88. The van der Waals surface area contributed by atoms with Crippen molar-refractivity contribution in [2.45, 2.75) is 40.0 Å². The number of hydrogen-bond donors (Lipinski definition) is 1. The number of nitrogens with two attached hydrogens (primary N) is 1. The second kappa shape index (κ2) is 8.09. The molecule has 0 aromatic rings. The van der Waals surface area contributed by atoms with Gasteiger partial charge < -0.3 is 15.4 Å². The van der Waals surface area contributed by atoms with E-state index in [0.29, 0.717) is 26.0 Å². The first-order chi connectivity index (χ1) is 8.85. The molecule has 0 heterocycles. The second-order valence-electron chi connectivity index (χ2n) is 4.44. The summed E-state index contributed by atoms with van der Waals surface area (Å²) in [5, 5.41) is 0. The topological polar surface area (TPSA) is 72.6 Å². The number of carbonyl (C=O) groups is 2. The van der Waals surface area contributed by atoms with Crippen LogP contribution in [0.2, 0.25) is 0 Å². The molecule has 0 fully saturated rings. The number of rotatable bonds is 8. The normalized spacial score (nSPS) is 10.9. The summed E-state index contributed by atoms with van der Waals surface area (Å²) >= 11 is 5.04. The third-order valence-electron chi connectivity index (χ3n) is 3.39. The van der Waals surface area contributed by atoms with Gasteiger partial charge in [-0.05, 0) is 19.8 Å². The molecule has 110 valence electrons. The number of amides is 1. The lowest BCUT2D eigenvalue weighted by atomic mass is 9.81. The zero-order valence-corrected chi connectivity index (χ0v) is 13.0. The largest absolute Gasteiger partial charge is 0.466 e. The predicted molar refractivity (Wildman–Crippen MR) is 78.7 cm³/mol. The molecule has 0 aliphatic heterocycles. The summed E-state index contributed by atoms with van der Waals surface area (Å²) in [5.74, 6) is -0.439. The fraction of sp³-hybridized carbons (Fsp3) is 0.769. The van der Waals surface area contributed by atoms with Crippen LogP contribution in [-0.4, -0.2) is 42.0 Å². The molecule has 1 amide bonds. The van der Waals surface area contributed by atoms with E-state index >= 15 is 0 Å². The Morgan fingerprint density at radius 3 is 2.16 bits per heavy atom. The summed E-state index contributed by atoms with van der Waals surface area (Å²) in [5.41, 5.74) is 4.92. The highest BCUT2D eigenvalue weighted by atomic mass is 32.1. The maximum absolute atomic E-state index is 12.4. The standard InChI is InChI=1S/C13H24N2O3S/c1-5-13(6-2,11(14)19)12(17)15(4)9-8-10(16)18-7-3/h5-9H2,1-4H3,(H2,14,19). The van der Waals surface area contributed by atoms with Gasteiger partial charge in [0, 0.05) is 13.6 Å². The van der Waals surface area contributed by atoms with Gasteiger partial charge in [-0.3, -0.25) is 9.59 Å². The molecule has 0 aromatic heterocycles. The molecule has 0 atom stereocenters. The maximum atomic E-state index is 12.4. The SMILES string of the molecule is CCOC(=O)CCN(C)C(=O)C(CC)(CC)C(N)=S. The van der Waals surface area contributed by atoms with Crippen LogP contribution in [-0.2, 0) is 14.3 Å². The highest BCUT2D eigenvalue weighted by Gasteiger charge is 2.39. The molecule has 5 nitrogen and oxygen atoms in total. The van der Waals surface area contributed by atoms with Gasteiger partial charge in [-0.15, -0.1) is 0 Å². The molecule has 6 heteroatoms. The summed E-state index contributed by atoms with van der Waals surface area (Å²) in [6.07, 6.45) is 1.29. The summed E-state index contributed by atoms with van der Waals surface area (Å²) in [6, 6.07) is 0. The molecule has 0 unspecified atom stereocenters. The maximum Gasteiger partial charge on any atom is 0.307 e. The first-order valence-corrected chi connectivity index (χ1v) is 6.97.